The molecule has 0 aliphatic rings. The van der Waals surface area contributed by atoms with Crippen molar-refractivity contribution >= 4 is 15.8 Å². The fourth-order valence-electron chi connectivity index (χ4n) is 1.84. The van der Waals surface area contributed by atoms with E-state index in [1.54, 1.807) is 21.0 Å². The lowest BCUT2D eigenvalue weighted by atomic mass is 9.97. The minimum Gasteiger partial charge on any atom is -0.381 e. The van der Waals surface area contributed by atoms with Crippen LogP contribution in [-0.2, 0) is 17.1 Å². The van der Waals surface area contributed by atoms with Gasteiger partial charge in [0.2, 0.25) is 10.0 Å². The summed E-state index contributed by atoms with van der Waals surface area (Å²) in [5.74, 6) is 0.0516. The summed E-state index contributed by atoms with van der Waals surface area (Å²) in [6.07, 6.45) is 0. The Balaban J connectivity index is 3.22. The molecule has 7 heteroatoms. The molecule has 0 amide bonds. The number of hydrogen-bond acceptors (Lipinski definition) is 4. The number of aromatic nitrogens is 2. The molecular formula is C11H22N4O2S. The Kier molecular flexibility index (Phi) is 3.78. The van der Waals surface area contributed by atoms with Crippen LogP contribution in [0.5, 0.6) is 0 Å². The van der Waals surface area contributed by atoms with Crippen LogP contribution in [-0.4, -0.2) is 36.1 Å². The predicted molar refractivity (Wildman–Crippen MR) is 71.6 cm³/mol. The molecule has 0 saturated heterocycles. The van der Waals surface area contributed by atoms with Gasteiger partial charge in [-0.15, -0.1) is 0 Å². The molecule has 0 aromatic carbocycles. The van der Waals surface area contributed by atoms with Crippen molar-refractivity contribution in [1.82, 2.24) is 14.1 Å². The van der Waals surface area contributed by atoms with Gasteiger partial charge in [-0.3, -0.25) is 4.68 Å². The van der Waals surface area contributed by atoms with Crippen LogP contribution in [0.25, 0.3) is 0 Å². The molecule has 0 spiro atoms. The van der Waals surface area contributed by atoms with E-state index >= 15 is 0 Å². The van der Waals surface area contributed by atoms with Crippen LogP contribution >= 0.6 is 0 Å². The quantitative estimate of drug-likeness (QED) is 0.890. The average molecular weight is 274 g/mol. The number of rotatable bonds is 3. The molecule has 1 aromatic rings. The lowest BCUT2D eigenvalue weighted by Gasteiger charge is -2.26. The molecule has 1 heterocycles. The summed E-state index contributed by atoms with van der Waals surface area (Å²) >= 11 is 0. The normalized spacial score (nSPS) is 13.3. The summed E-state index contributed by atoms with van der Waals surface area (Å²) in [6.45, 7) is 8.07. The third-order valence-electron chi connectivity index (χ3n) is 2.67. The maximum atomic E-state index is 12.5. The fraction of sp³-hybridized carbons (Fsp3) is 0.727. The highest BCUT2D eigenvalue weighted by atomic mass is 32.2. The van der Waals surface area contributed by atoms with Crippen molar-refractivity contribution in [3.8, 4) is 0 Å². The Morgan fingerprint density at radius 1 is 1.39 bits per heavy atom. The molecule has 0 radical (unpaired) electrons. The SMILES string of the molecule is Cc1c(S(=O)(=O)N(C)CC(C)(C)C)c(N)nn1C. The second-order valence-corrected chi connectivity index (χ2v) is 7.73. The number of nitrogens with zero attached hydrogens (tertiary/aromatic N) is 3. The second kappa shape index (κ2) is 4.55. The van der Waals surface area contributed by atoms with Crippen LogP contribution in [0.3, 0.4) is 0 Å². The summed E-state index contributed by atoms with van der Waals surface area (Å²) in [5.41, 5.74) is 6.12. The van der Waals surface area contributed by atoms with Crippen LogP contribution < -0.4 is 5.73 Å². The number of nitrogens with two attached hydrogens (primary N) is 1. The van der Waals surface area contributed by atoms with Gasteiger partial charge in [0, 0.05) is 20.6 Å². The second-order valence-electron chi connectivity index (χ2n) is 5.75. The standard InChI is InChI=1S/C11H22N4O2S/c1-8-9(10(12)13-15(8)6)18(16,17)14(5)7-11(2,3)4/h7H2,1-6H3,(H2,12,13). The minimum absolute atomic E-state index is 0.0516. The van der Waals surface area contributed by atoms with Crippen molar-refractivity contribution in [3.05, 3.63) is 5.69 Å². The average Bonchev–Trinajstić information content (AvgIpc) is 2.38. The number of aryl methyl sites for hydroxylation is 1. The number of hydrogen-bond donors (Lipinski definition) is 1. The smallest absolute Gasteiger partial charge is 0.248 e. The summed E-state index contributed by atoms with van der Waals surface area (Å²) in [5, 5.41) is 3.94. The molecule has 0 saturated carbocycles. The van der Waals surface area contributed by atoms with Crippen LogP contribution in [0, 0.1) is 12.3 Å². The Bertz CT molecular complexity index is 540. The van der Waals surface area contributed by atoms with Crippen molar-refractivity contribution in [1.29, 1.82) is 0 Å². The summed E-state index contributed by atoms with van der Waals surface area (Å²) < 4.78 is 27.7. The summed E-state index contributed by atoms with van der Waals surface area (Å²) in [7, 11) is -0.351. The van der Waals surface area contributed by atoms with Gasteiger partial charge >= 0.3 is 0 Å². The zero-order valence-electron chi connectivity index (χ0n) is 11.9. The van der Waals surface area contributed by atoms with Gasteiger partial charge in [0.05, 0.1) is 5.69 Å². The number of anilines is 1. The maximum absolute atomic E-state index is 12.5. The topological polar surface area (TPSA) is 81.2 Å². The van der Waals surface area contributed by atoms with Gasteiger partial charge in [0.25, 0.3) is 0 Å². The van der Waals surface area contributed by atoms with Crippen molar-refractivity contribution in [2.75, 3.05) is 19.3 Å². The van der Waals surface area contributed by atoms with Crippen LogP contribution in [0.1, 0.15) is 26.5 Å². The highest BCUT2D eigenvalue weighted by Crippen LogP contribution is 2.26. The van der Waals surface area contributed by atoms with Crippen molar-refractivity contribution in [2.45, 2.75) is 32.6 Å². The lowest BCUT2D eigenvalue weighted by molar-refractivity contribution is 0.310. The van der Waals surface area contributed by atoms with E-state index in [2.05, 4.69) is 5.10 Å². The van der Waals surface area contributed by atoms with E-state index in [-0.39, 0.29) is 16.1 Å². The first kappa shape index (κ1) is 15.0. The molecule has 0 atom stereocenters. The maximum Gasteiger partial charge on any atom is 0.248 e. The Morgan fingerprint density at radius 2 is 1.89 bits per heavy atom. The van der Waals surface area contributed by atoms with Crippen LogP contribution in [0.2, 0.25) is 0 Å². The molecule has 0 aliphatic heterocycles. The number of nitrogen functional groups attached to an aromatic ring is 1. The van der Waals surface area contributed by atoms with Crippen molar-refractivity contribution in [2.24, 2.45) is 12.5 Å². The van der Waals surface area contributed by atoms with Gasteiger partial charge in [-0.25, -0.2) is 12.7 Å². The molecule has 104 valence electrons. The van der Waals surface area contributed by atoms with Gasteiger partial charge in [-0.1, -0.05) is 20.8 Å². The van der Waals surface area contributed by atoms with Gasteiger partial charge in [-0.05, 0) is 12.3 Å². The van der Waals surface area contributed by atoms with Gasteiger partial charge in [0.1, 0.15) is 4.90 Å². The van der Waals surface area contributed by atoms with E-state index in [4.69, 9.17) is 5.73 Å². The number of sulfonamides is 1. The first-order valence-corrected chi connectivity index (χ1v) is 7.16. The van der Waals surface area contributed by atoms with E-state index < -0.39 is 10.0 Å². The first-order chi connectivity index (χ1) is 7.97. The molecule has 2 N–H and O–H groups in total. The van der Waals surface area contributed by atoms with E-state index in [0.29, 0.717) is 12.2 Å². The third-order valence-corrected chi connectivity index (χ3v) is 4.64. The first-order valence-electron chi connectivity index (χ1n) is 5.72. The van der Waals surface area contributed by atoms with Crippen molar-refractivity contribution in [3.63, 3.8) is 0 Å². The van der Waals surface area contributed by atoms with Gasteiger partial charge < -0.3 is 5.73 Å². The van der Waals surface area contributed by atoms with Crippen molar-refractivity contribution < 1.29 is 8.42 Å². The summed E-state index contributed by atoms with van der Waals surface area (Å²) in [6, 6.07) is 0. The monoisotopic (exact) mass is 274 g/mol. The van der Waals surface area contributed by atoms with E-state index in [0.717, 1.165) is 0 Å². The molecule has 0 bridgehead atoms. The molecule has 0 unspecified atom stereocenters. The van der Waals surface area contributed by atoms with Crippen LogP contribution in [0.4, 0.5) is 5.82 Å². The molecule has 1 aromatic heterocycles. The zero-order chi connectivity index (χ0) is 14.3. The third kappa shape index (κ3) is 2.84. The fourth-order valence-corrected chi connectivity index (χ4v) is 3.52. The zero-order valence-corrected chi connectivity index (χ0v) is 12.7. The highest BCUT2D eigenvalue weighted by molar-refractivity contribution is 7.89. The van der Waals surface area contributed by atoms with Crippen LogP contribution in [0.15, 0.2) is 4.90 Å². The molecule has 0 fully saturated rings. The molecule has 6 nitrogen and oxygen atoms in total. The molecule has 18 heavy (non-hydrogen) atoms. The lowest BCUT2D eigenvalue weighted by Crippen LogP contribution is -2.35. The van der Waals surface area contributed by atoms with E-state index in [1.165, 1.54) is 8.99 Å². The Hall–Kier alpha value is -1.08. The highest BCUT2D eigenvalue weighted by Gasteiger charge is 2.30. The Labute approximate surface area is 109 Å². The summed E-state index contributed by atoms with van der Waals surface area (Å²) in [4.78, 5) is 0.108. The molecular weight excluding hydrogens is 252 g/mol. The van der Waals surface area contributed by atoms with Gasteiger partial charge in [0.15, 0.2) is 5.82 Å². The van der Waals surface area contributed by atoms with E-state index in [9.17, 15) is 8.42 Å². The van der Waals surface area contributed by atoms with Gasteiger partial charge in [-0.2, -0.15) is 5.10 Å². The largest absolute Gasteiger partial charge is 0.381 e. The molecule has 0 aliphatic carbocycles. The Morgan fingerprint density at radius 3 is 2.22 bits per heavy atom. The minimum atomic E-state index is -3.59. The molecule has 1 rings (SSSR count). The van der Waals surface area contributed by atoms with E-state index in [1.807, 2.05) is 20.8 Å². The predicted octanol–water partition coefficient (Wildman–Crippen LogP) is 0.977.